The Labute approximate surface area is 129 Å². The van der Waals surface area contributed by atoms with Gasteiger partial charge in [0.15, 0.2) is 0 Å². The number of methoxy groups -OCH3 is 2. The largest absolute Gasteiger partial charge is 0.481 e. The van der Waals surface area contributed by atoms with E-state index in [1.165, 1.54) is 6.33 Å². The lowest BCUT2D eigenvalue weighted by molar-refractivity contribution is 0.357. The molecule has 0 spiro atoms. The van der Waals surface area contributed by atoms with E-state index in [0.29, 0.717) is 18.3 Å². The molecule has 0 radical (unpaired) electrons. The number of ether oxygens (including phenoxy) is 2. The zero-order chi connectivity index (χ0) is 15.2. The van der Waals surface area contributed by atoms with E-state index < -0.39 is 0 Å². The van der Waals surface area contributed by atoms with Crippen molar-refractivity contribution in [2.24, 2.45) is 0 Å². The van der Waals surface area contributed by atoms with Gasteiger partial charge >= 0.3 is 0 Å². The molecule has 2 rings (SSSR count). The molecule has 0 saturated heterocycles. The van der Waals surface area contributed by atoms with Gasteiger partial charge in [0, 0.05) is 17.6 Å². The van der Waals surface area contributed by atoms with Crippen LogP contribution in [0.15, 0.2) is 30.6 Å². The topological polar surface area (TPSA) is 56.3 Å². The van der Waals surface area contributed by atoms with Crippen molar-refractivity contribution in [2.75, 3.05) is 14.2 Å². The maximum atomic E-state index is 6.01. The average Bonchev–Trinajstić information content (AvgIpc) is 2.52. The summed E-state index contributed by atoms with van der Waals surface area (Å²) in [7, 11) is 3.15. The van der Waals surface area contributed by atoms with Gasteiger partial charge in [-0.1, -0.05) is 23.7 Å². The molecule has 6 heteroatoms. The van der Waals surface area contributed by atoms with Gasteiger partial charge < -0.3 is 14.8 Å². The highest BCUT2D eigenvalue weighted by atomic mass is 35.5. The van der Waals surface area contributed by atoms with Crippen LogP contribution in [-0.4, -0.2) is 24.2 Å². The van der Waals surface area contributed by atoms with Crippen LogP contribution in [0.2, 0.25) is 5.02 Å². The number of nitrogens with one attached hydrogen (secondary N) is 1. The number of halogens is 1. The summed E-state index contributed by atoms with van der Waals surface area (Å²) in [6, 6.07) is 7.88. The van der Waals surface area contributed by atoms with E-state index in [-0.39, 0.29) is 6.04 Å². The number of rotatable bonds is 6. The Morgan fingerprint density at radius 3 is 2.43 bits per heavy atom. The van der Waals surface area contributed by atoms with Crippen LogP contribution in [0.25, 0.3) is 0 Å². The fourth-order valence-electron chi connectivity index (χ4n) is 2.03. The van der Waals surface area contributed by atoms with Gasteiger partial charge in [0.25, 0.3) is 0 Å². The fourth-order valence-corrected chi connectivity index (χ4v) is 2.23. The summed E-state index contributed by atoms with van der Waals surface area (Å²) >= 11 is 6.01. The van der Waals surface area contributed by atoms with Crippen molar-refractivity contribution in [3.63, 3.8) is 0 Å². The standard InChI is InChI=1S/C15H18ClN3O2/c1-10(11-5-4-6-12(16)7-11)17-8-13-14(20-2)18-9-19-15(13)21-3/h4-7,9-10,17H,8H2,1-3H3/t10-/m1/s1. The van der Waals surface area contributed by atoms with Gasteiger partial charge in [-0.05, 0) is 24.6 Å². The Balaban J connectivity index is 2.12. The molecular formula is C15H18ClN3O2. The molecule has 112 valence electrons. The van der Waals surface area contributed by atoms with Gasteiger partial charge in [0.05, 0.1) is 19.8 Å². The summed E-state index contributed by atoms with van der Waals surface area (Å²) in [5.41, 5.74) is 1.90. The van der Waals surface area contributed by atoms with Crippen molar-refractivity contribution >= 4 is 11.6 Å². The average molecular weight is 308 g/mol. The van der Waals surface area contributed by atoms with Crippen molar-refractivity contribution in [1.29, 1.82) is 0 Å². The van der Waals surface area contributed by atoms with Crippen LogP contribution < -0.4 is 14.8 Å². The molecule has 0 bridgehead atoms. The first-order valence-electron chi connectivity index (χ1n) is 6.56. The maximum Gasteiger partial charge on any atom is 0.224 e. The van der Waals surface area contributed by atoms with E-state index in [4.69, 9.17) is 21.1 Å². The first-order valence-corrected chi connectivity index (χ1v) is 6.94. The third-order valence-corrected chi connectivity index (χ3v) is 3.42. The van der Waals surface area contributed by atoms with Gasteiger partial charge in [0.2, 0.25) is 11.8 Å². The third kappa shape index (κ3) is 3.83. The molecule has 2 aromatic rings. The highest BCUT2D eigenvalue weighted by molar-refractivity contribution is 6.30. The highest BCUT2D eigenvalue weighted by Gasteiger charge is 2.14. The predicted octanol–water partition coefficient (Wildman–Crippen LogP) is 3.00. The second kappa shape index (κ2) is 7.24. The molecule has 1 atom stereocenters. The highest BCUT2D eigenvalue weighted by Crippen LogP contribution is 2.24. The van der Waals surface area contributed by atoms with Gasteiger partial charge in [-0.15, -0.1) is 0 Å². The van der Waals surface area contributed by atoms with E-state index in [2.05, 4.69) is 22.2 Å². The van der Waals surface area contributed by atoms with Crippen molar-refractivity contribution in [2.45, 2.75) is 19.5 Å². The van der Waals surface area contributed by atoms with Crippen LogP contribution in [0, 0.1) is 0 Å². The fraction of sp³-hybridized carbons (Fsp3) is 0.333. The monoisotopic (exact) mass is 307 g/mol. The molecule has 1 heterocycles. The zero-order valence-electron chi connectivity index (χ0n) is 12.3. The quantitative estimate of drug-likeness (QED) is 0.889. The van der Waals surface area contributed by atoms with Crippen LogP contribution >= 0.6 is 11.6 Å². The third-order valence-electron chi connectivity index (χ3n) is 3.19. The zero-order valence-corrected chi connectivity index (χ0v) is 13.0. The molecule has 0 fully saturated rings. The maximum absolute atomic E-state index is 6.01. The Bertz CT molecular complexity index is 585. The summed E-state index contributed by atoms with van der Waals surface area (Å²) in [5, 5.41) is 4.11. The minimum Gasteiger partial charge on any atom is -0.481 e. The molecule has 1 aromatic carbocycles. The van der Waals surface area contributed by atoms with Crippen LogP contribution in [0.5, 0.6) is 11.8 Å². The molecular weight excluding hydrogens is 290 g/mol. The summed E-state index contributed by atoms with van der Waals surface area (Å²) in [6.45, 7) is 2.59. The Kier molecular flexibility index (Phi) is 5.36. The van der Waals surface area contributed by atoms with Crippen molar-refractivity contribution in [3.8, 4) is 11.8 Å². The number of hydrogen-bond donors (Lipinski definition) is 1. The van der Waals surface area contributed by atoms with E-state index in [1.807, 2.05) is 24.3 Å². The molecule has 0 aliphatic rings. The van der Waals surface area contributed by atoms with E-state index >= 15 is 0 Å². The van der Waals surface area contributed by atoms with E-state index in [9.17, 15) is 0 Å². The Morgan fingerprint density at radius 1 is 1.19 bits per heavy atom. The molecule has 21 heavy (non-hydrogen) atoms. The van der Waals surface area contributed by atoms with Crippen LogP contribution in [0.4, 0.5) is 0 Å². The van der Waals surface area contributed by atoms with Gasteiger partial charge in [-0.3, -0.25) is 0 Å². The Morgan fingerprint density at radius 2 is 1.86 bits per heavy atom. The summed E-state index contributed by atoms with van der Waals surface area (Å²) < 4.78 is 10.5. The Hall–Kier alpha value is -1.85. The molecule has 0 saturated carbocycles. The minimum absolute atomic E-state index is 0.123. The second-order valence-corrected chi connectivity index (χ2v) is 4.96. The van der Waals surface area contributed by atoms with Gasteiger partial charge in [-0.2, -0.15) is 0 Å². The van der Waals surface area contributed by atoms with Gasteiger partial charge in [-0.25, -0.2) is 9.97 Å². The lowest BCUT2D eigenvalue weighted by Gasteiger charge is -2.16. The predicted molar refractivity (Wildman–Crippen MR) is 81.8 cm³/mol. The van der Waals surface area contributed by atoms with Crippen LogP contribution in [-0.2, 0) is 6.54 Å². The van der Waals surface area contributed by atoms with Crippen molar-refractivity contribution in [1.82, 2.24) is 15.3 Å². The lowest BCUT2D eigenvalue weighted by Crippen LogP contribution is -2.19. The van der Waals surface area contributed by atoms with Crippen molar-refractivity contribution < 1.29 is 9.47 Å². The number of nitrogens with zero attached hydrogens (tertiary/aromatic N) is 2. The first kappa shape index (κ1) is 15.5. The molecule has 5 nitrogen and oxygen atoms in total. The molecule has 0 aliphatic carbocycles. The minimum atomic E-state index is 0.123. The van der Waals surface area contributed by atoms with E-state index in [0.717, 1.165) is 16.1 Å². The lowest BCUT2D eigenvalue weighted by atomic mass is 10.1. The SMILES string of the molecule is COc1ncnc(OC)c1CN[C@H](C)c1cccc(Cl)c1. The number of aromatic nitrogens is 2. The molecule has 1 N–H and O–H groups in total. The smallest absolute Gasteiger partial charge is 0.224 e. The van der Waals surface area contributed by atoms with Crippen LogP contribution in [0.3, 0.4) is 0 Å². The summed E-state index contributed by atoms with van der Waals surface area (Å²) in [4.78, 5) is 8.19. The van der Waals surface area contributed by atoms with Crippen molar-refractivity contribution in [3.05, 3.63) is 46.7 Å². The number of benzene rings is 1. The van der Waals surface area contributed by atoms with Crippen LogP contribution in [0.1, 0.15) is 24.1 Å². The summed E-state index contributed by atoms with van der Waals surface area (Å²) in [5.74, 6) is 1.01. The van der Waals surface area contributed by atoms with E-state index in [1.54, 1.807) is 14.2 Å². The molecule has 0 unspecified atom stereocenters. The normalized spacial score (nSPS) is 12.0. The van der Waals surface area contributed by atoms with Gasteiger partial charge in [0.1, 0.15) is 6.33 Å². The molecule has 1 aromatic heterocycles. The summed E-state index contributed by atoms with van der Waals surface area (Å²) in [6.07, 6.45) is 1.42. The second-order valence-electron chi connectivity index (χ2n) is 4.53. The molecule has 0 aliphatic heterocycles. The molecule has 0 amide bonds. The first-order chi connectivity index (χ1) is 10.2. The number of hydrogen-bond acceptors (Lipinski definition) is 5.